The predicted octanol–water partition coefficient (Wildman–Crippen LogP) is 2.23. The Kier molecular flexibility index (Phi) is 7.16. The smallest absolute Gasteiger partial charge is 0.198 e. The van der Waals surface area contributed by atoms with Crippen molar-refractivity contribution in [2.75, 3.05) is 51.4 Å². The van der Waals surface area contributed by atoms with E-state index in [9.17, 15) is 5.11 Å². The van der Waals surface area contributed by atoms with Gasteiger partial charge in [0, 0.05) is 38.5 Å². The van der Waals surface area contributed by atoms with Crippen molar-refractivity contribution in [3.63, 3.8) is 0 Å². The molecule has 6 nitrogen and oxygen atoms in total. The zero-order valence-electron chi connectivity index (χ0n) is 14.0. The largest absolute Gasteiger partial charge is 0.508 e. The van der Waals surface area contributed by atoms with E-state index in [2.05, 4.69) is 10.2 Å². The molecule has 0 unspecified atom stereocenters. The third-order valence-electron chi connectivity index (χ3n) is 3.68. The number of rotatable bonds is 6. The number of benzene rings is 1. The van der Waals surface area contributed by atoms with E-state index in [1.807, 2.05) is 19.9 Å². The van der Waals surface area contributed by atoms with Crippen molar-refractivity contribution in [3.05, 3.63) is 23.8 Å². The Morgan fingerprint density at radius 3 is 2.87 bits per heavy atom. The van der Waals surface area contributed by atoms with Crippen molar-refractivity contribution in [2.24, 2.45) is 4.99 Å². The first-order chi connectivity index (χ1) is 11.2. The van der Waals surface area contributed by atoms with Crippen LogP contribution in [0, 0.1) is 6.92 Å². The van der Waals surface area contributed by atoms with Crippen molar-refractivity contribution in [1.82, 2.24) is 4.90 Å². The van der Waals surface area contributed by atoms with Gasteiger partial charge in [-0.15, -0.1) is 0 Å². The van der Waals surface area contributed by atoms with E-state index in [0.717, 1.165) is 56.5 Å². The molecule has 1 saturated heterocycles. The minimum Gasteiger partial charge on any atom is -0.508 e. The molecule has 0 amide bonds. The van der Waals surface area contributed by atoms with Gasteiger partial charge in [-0.25, -0.2) is 0 Å². The summed E-state index contributed by atoms with van der Waals surface area (Å²) in [7, 11) is 0. The molecular formula is C17H27N3O3. The fourth-order valence-corrected chi connectivity index (χ4v) is 2.40. The molecule has 1 aromatic carbocycles. The number of hydrogen-bond donors (Lipinski definition) is 2. The molecule has 0 radical (unpaired) electrons. The van der Waals surface area contributed by atoms with Crippen LogP contribution in [0.15, 0.2) is 23.2 Å². The first kappa shape index (κ1) is 17.6. The Labute approximate surface area is 138 Å². The highest BCUT2D eigenvalue weighted by molar-refractivity contribution is 5.94. The number of nitrogens with one attached hydrogen (secondary N) is 1. The minimum atomic E-state index is 0.273. The number of phenols is 1. The van der Waals surface area contributed by atoms with Gasteiger partial charge in [0.2, 0.25) is 0 Å². The van der Waals surface area contributed by atoms with E-state index in [1.54, 1.807) is 12.1 Å². The predicted molar refractivity (Wildman–Crippen MR) is 92.3 cm³/mol. The zero-order valence-corrected chi connectivity index (χ0v) is 14.0. The molecule has 6 heteroatoms. The molecule has 2 rings (SSSR count). The van der Waals surface area contributed by atoms with Crippen LogP contribution in [-0.4, -0.2) is 62.0 Å². The molecule has 0 aliphatic carbocycles. The van der Waals surface area contributed by atoms with Gasteiger partial charge in [-0.3, -0.25) is 4.99 Å². The number of ether oxygens (including phenoxy) is 2. The van der Waals surface area contributed by atoms with Gasteiger partial charge in [0.25, 0.3) is 0 Å². The standard InChI is InChI=1S/C17H27N3O3/c1-3-22-10-4-7-18-17(20-8-11-23-12-9-20)19-16-6-5-15(21)13-14(16)2/h5-6,13,21H,3-4,7-12H2,1-2H3,(H,18,19). The van der Waals surface area contributed by atoms with Gasteiger partial charge >= 0.3 is 0 Å². The van der Waals surface area contributed by atoms with Gasteiger partial charge in [-0.2, -0.15) is 0 Å². The van der Waals surface area contributed by atoms with Crippen LogP contribution in [0.2, 0.25) is 0 Å². The molecule has 0 bridgehead atoms. The van der Waals surface area contributed by atoms with Crippen molar-refractivity contribution < 1.29 is 14.6 Å². The summed E-state index contributed by atoms with van der Waals surface area (Å²) in [5, 5.41) is 12.9. The quantitative estimate of drug-likeness (QED) is 0.364. The summed E-state index contributed by atoms with van der Waals surface area (Å²) in [6, 6.07) is 5.30. The maximum atomic E-state index is 9.55. The Morgan fingerprint density at radius 1 is 1.39 bits per heavy atom. The molecule has 1 aliphatic heterocycles. The minimum absolute atomic E-state index is 0.273. The second-order valence-corrected chi connectivity index (χ2v) is 5.48. The SMILES string of the molecule is CCOCCCN=C(Nc1ccc(O)cc1C)N1CCOCC1. The molecule has 0 atom stereocenters. The molecule has 1 heterocycles. The van der Waals surface area contributed by atoms with E-state index < -0.39 is 0 Å². The Morgan fingerprint density at radius 2 is 2.17 bits per heavy atom. The van der Waals surface area contributed by atoms with Crippen molar-refractivity contribution in [2.45, 2.75) is 20.3 Å². The molecule has 2 N–H and O–H groups in total. The first-order valence-corrected chi connectivity index (χ1v) is 8.22. The van der Waals surface area contributed by atoms with Gasteiger partial charge in [0.15, 0.2) is 5.96 Å². The second kappa shape index (κ2) is 9.37. The van der Waals surface area contributed by atoms with Gasteiger partial charge in [0.05, 0.1) is 13.2 Å². The van der Waals surface area contributed by atoms with Crippen molar-refractivity contribution in [3.8, 4) is 5.75 Å². The number of nitrogens with zero attached hydrogens (tertiary/aromatic N) is 2. The maximum Gasteiger partial charge on any atom is 0.198 e. The summed E-state index contributed by atoms with van der Waals surface area (Å²) in [5.41, 5.74) is 1.94. The number of phenolic OH excluding ortho intramolecular Hbond substituents is 1. The Balaban J connectivity index is 2.04. The Bertz CT molecular complexity index is 514. The van der Waals surface area contributed by atoms with E-state index in [0.29, 0.717) is 13.2 Å². The molecule has 23 heavy (non-hydrogen) atoms. The van der Waals surface area contributed by atoms with Gasteiger partial charge < -0.3 is 24.8 Å². The third-order valence-corrected chi connectivity index (χ3v) is 3.68. The molecular weight excluding hydrogens is 294 g/mol. The highest BCUT2D eigenvalue weighted by Gasteiger charge is 2.16. The molecule has 1 fully saturated rings. The lowest BCUT2D eigenvalue weighted by molar-refractivity contribution is 0.0678. The lowest BCUT2D eigenvalue weighted by atomic mass is 10.2. The lowest BCUT2D eigenvalue weighted by Gasteiger charge is -2.30. The number of guanidine groups is 1. The molecule has 1 aliphatic rings. The van der Waals surface area contributed by atoms with Crippen molar-refractivity contribution in [1.29, 1.82) is 0 Å². The topological polar surface area (TPSA) is 66.3 Å². The summed E-state index contributed by atoms with van der Waals surface area (Å²) in [6.45, 7) is 9.24. The summed E-state index contributed by atoms with van der Waals surface area (Å²) in [4.78, 5) is 6.92. The molecule has 0 aromatic heterocycles. The van der Waals surface area contributed by atoms with Crippen LogP contribution < -0.4 is 5.32 Å². The fourth-order valence-electron chi connectivity index (χ4n) is 2.40. The maximum absolute atomic E-state index is 9.55. The highest BCUT2D eigenvalue weighted by atomic mass is 16.5. The average molecular weight is 321 g/mol. The molecule has 0 saturated carbocycles. The molecule has 128 valence electrons. The van der Waals surface area contributed by atoms with E-state index in [1.165, 1.54) is 0 Å². The number of anilines is 1. The van der Waals surface area contributed by atoms with E-state index >= 15 is 0 Å². The third kappa shape index (κ3) is 5.73. The molecule has 0 spiro atoms. The zero-order chi connectivity index (χ0) is 16.5. The highest BCUT2D eigenvalue weighted by Crippen LogP contribution is 2.20. The van der Waals surface area contributed by atoms with Crippen LogP contribution in [0.25, 0.3) is 0 Å². The van der Waals surface area contributed by atoms with Crippen LogP contribution in [0.3, 0.4) is 0 Å². The Hall–Kier alpha value is -1.79. The summed E-state index contributed by atoms with van der Waals surface area (Å²) in [5.74, 6) is 1.13. The average Bonchev–Trinajstić information content (AvgIpc) is 2.56. The number of aryl methyl sites for hydroxylation is 1. The van der Waals surface area contributed by atoms with Crippen LogP contribution in [0.4, 0.5) is 5.69 Å². The number of aliphatic imine (C=N–C) groups is 1. The normalized spacial score (nSPS) is 15.7. The second-order valence-electron chi connectivity index (χ2n) is 5.48. The van der Waals surface area contributed by atoms with Gasteiger partial charge in [-0.1, -0.05) is 0 Å². The van der Waals surface area contributed by atoms with Gasteiger partial charge in [0.1, 0.15) is 5.75 Å². The van der Waals surface area contributed by atoms with Crippen LogP contribution in [-0.2, 0) is 9.47 Å². The van der Waals surface area contributed by atoms with Crippen LogP contribution >= 0.6 is 0 Å². The van der Waals surface area contributed by atoms with Crippen molar-refractivity contribution >= 4 is 11.6 Å². The molecule has 1 aromatic rings. The van der Waals surface area contributed by atoms with Crippen LogP contribution in [0.1, 0.15) is 18.9 Å². The summed E-state index contributed by atoms with van der Waals surface area (Å²) in [6.07, 6.45) is 0.901. The monoisotopic (exact) mass is 321 g/mol. The number of aromatic hydroxyl groups is 1. The van der Waals surface area contributed by atoms with Crippen LogP contribution in [0.5, 0.6) is 5.75 Å². The van der Waals surface area contributed by atoms with Gasteiger partial charge in [-0.05, 0) is 44.0 Å². The summed E-state index contributed by atoms with van der Waals surface area (Å²) < 4.78 is 10.8. The fraction of sp³-hybridized carbons (Fsp3) is 0.588. The lowest BCUT2D eigenvalue weighted by Crippen LogP contribution is -2.44. The summed E-state index contributed by atoms with van der Waals surface area (Å²) >= 11 is 0. The van der Waals surface area contributed by atoms with E-state index in [-0.39, 0.29) is 5.75 Å². The van der Waals surface area contributed by atoms with E-state index in [4.69, 9.17) is 14.5 Å². The number of hydrogen-bond acceptors (Lipinski definition) is 4. The first-order valence-electron chi connectivity index (χ1n) is 8.22. The number of morpholine rings is 1.